The first-order valence-corrected chi connectivity index (χ1v) is 7.53. The molecule has 0 heterocycles. The van der Waals surface area contributed by atoms with Gasteiger partial charge in [-0.15, -0.1) is 0 Å². The summed E-state index contributed by atoms with van der Waals surface area (Å²) in [5, 5.41) is 28.3. The Morgan fingerprint density at radius 3 is 2.50 bits per heavy atom. The Hall–Kier alpha value is -3.75. The summed E-state index contributed by atoms with van der Waals surface area (Å²) in [5.41, 5.74) is 2.43. The van der Waals surface area contributed by atoms with Crippen molar-refractivity contribution in [3.05, 3.63) is 69.8 Å². The summed E-state index contributed by atoms with van der Waals surface area (Å²) in [5.74, 6) is -2.43. The Kier molecular flexibility index (Phi) is 5.99. The van der Waals surface area contributed by atoms with Crippen LogP contribution in [0.2, 0.25) is 0 Å². The standard InChI is InChI=1S/C17H16N4O5/c1-11(12-5-3-2-4-6-12)19-16(23)17(24)20-18-10-13-9-14(21(25)26)7-8-15(13)22/h2-11,22H,1H3,(H,19,23)(H,20,24)/p-1/b18-10+/t11-/m1/s1. The van der Waals surface area contributed by atoms with Crippen molar-refractivity contribution in [3.63, 3.8) is 0 Å². The summed E-state index contributed by atoms with van der Waals surface area (Å²) in [6, 6.07) is 11.8. The maximum absolute atomic E-state index is 11.8. The topological polar surface area (TPSA) is 137 Å². The summed E-state index contributed by atoms with van der Waals surface area (Å²) in [6.45, 7) is 1.72. The van der Waals surface area contributed by atoms with Gasteiger partial charge in [-0.3, -0.25) is 19.7 Å². The maximum Gasteiger partial charge on any atom is 0.329 e. The molecule has 2 N–H and O–H groups in total. The second kappa shape index (κ2) is 8.38. The smallest absolute Gasteiger partial charge is 0.329 e. The van der Waals surface area contributed by atoms with Crippen LogP contribution in [-0.2, 0) is 9.59 Å². The molecule has 0 aliphatic heterocycles. The van der Waals surface area contributed by atoms with E-state index in [1.54, 1.807) is 19.1 Å². The molecule has 0 saturated heterocycles. The van der Waals surface area contributed by atoms with E-state index in [0.29, 0.717) is 0 Å². The molecule has 2 aromatic rings. The van der Waals surface area contributed by atoms with Crippen molar-refractivity contribution in [2.24, 2.45) is 5.10 Å². The summed E-state index contributed by atoms with van der Waals surface area (Å²) in [7, 11) is 0. The molecule has 0 aromatic heterocycles. The molecule has 26 heavy (non-hydrogen) atoms. The minimum absolute atomic E-state index is 0.0856. The Morgan fingerprint density at radius 2 is 1.85 bits per heavy atom. The van der Waals surface area contributed by atoms with Gasteiger partial charge in [0.25, 0.3) is 5.69 Å². The van der Waals surface area contributed by atoms with Crippen LogP contribution >= 0.6 is 0 Å². The number of hydrazone groups is 1. The molecule has 0 saturated carbocycles. The van der Waals surface area contributed by atoms with Crippen LogP contribution in [0.5, 0.6) is 5.75 Å². The number of hydrogen-bond acceptors (Lipinski definition) is 6. The van der Waals surface area contributed by atoms with Crippen LogP contribution in [-0.4, -0.2) is 23.0 Å². The fourth-order valence-corrected chi connectivity index (χ4v) is 2.05. The third kappa shape index (κ3) is 4.87. The van der Waals surface area contributed by atoms with Crippen molar-refractivity contribution in [2.75, 3.05) is 0 Å². The van der Waals surface area contributed by atoms with E-state index in [0.717, 1.165) is 30.0 Å². The first-order valence-electron chi connectivity index (χ1n) is 7.53. The van der Waals surface area contributed by atoms with Gasteiger partial charge in [0.15, 0.2) is 0 Å². The number of benzene rings is 2. The highest BCUT2D eigenvalue weighted by Gasteiger charge is 2.16. The van der Waals surface area contributed by atoms with Crippen molar-refractivity contribution in [1.29, 1.82) is 0 Å². The first kappa shape index (κ1) is 18.6. The number of nitro benzene ring substituents is 1. The Balaban J connectivity index is 1.95. The highest BCUT2D eigenvalue weighted by Crippen LogP contribution is 2.19. The highest BCUT2D eigenvalue weighted by atomic mass is 16.6. The van der Waals surface area contributed by atoms with Crippen molar-refractivity contribution in [3.8, 4) is 5.75 Å². The van der Waals surface area contributed by atoms with Crippen LogP contribution in [0, 0.1) is 10.1 Å². The van der Waals surface area contributed by atoms with Gasteiger partial charge >= 0.3 is 11.8 Å². The van der Waals surface area contributed by atoms with Crippen LogP contribution in [0.25, 0.3) is 0 Å². The molecule has 9 heteroatoms. The lowest BCUT2D eigenvalue weighted by Gasteiger charge is -2.13. The summed E-state index contributed by atoms with van der Waals surface area (Å²) >= 11 is 0. The van der Waals surface area contributed by atoms with Gasteiger partial charge in [-0.1, -0.05) is 42.1 Å². The molecule has 0 unspecified atom stereocenters. The molecule has 134 valence electrons. The Morgan fingerprint density at radius 1 is 1.15 bits per heavy atom. The van der Waals surface area contributed by atoms with Crippen LogP contribution in [0.1, 0.15) is 24.1 Å². The number of nitrogens with zero attached hydrogens (tertiary/aromatic N) is 2. The lowest BCUT2D eigenvalue weighted by molar-refractivity contribution is -0.385. The molecule has 0 radical (unpaired) electrons. The predicted molar refractivity (Wildman–Crippen MR) is 91.3 cm³/mol. The third-order valence-corrected chi connectivity index (χ3v) is 3.43. The van der Waals surface area contributed by atoms with Crippen molar-refractivity contribution in [1.82, 2.24) is 10.7 Å². The average molecular weight is 355 g/mol. The van der Waals surface area contributed by atoms with E-state index in [-0.39, 0.29) is 17.3 Å². The molecule has 0 aliphatic rings. The van der Waals surface area contributed by atoms with Crippen molar-refractivity contribution < 1.29 is 19.6 Å². The minimum atomic E-state index is -1.03. The van der Waals surface area contributed by atoms with Gasteiger partial charge < -0.3 is 10.4 Å². The van der Waals surface area contributed by atoms with E-state index >= 15 is 0 Å². The van der Waals surface area contributed by atoms with Gasteiger partial charge in [-0.05, 0) is 18.1 Å². The predicted octanol–water partition coefficient (Wildman–Crippen LogP) is 0.996. The molecular weight excluding hydrogens is 340 g/mol. The molecule has 9 nitrogen and oxygen atoms in total. The second-order valence-corrected chi connectivity index (χ2v) is 5.28. The number of non-ortho nitro benzene ring substituents is 1. The molecule has 0 fully saturated rings. The fraction of sp³-hybridized carbons (Fsp3) is 0.118. The van der Waals surface area contributed by atoms with Crippen molar-refractivity contribution in [2.45, 2.75) is 13.0 Å². The van der Waals surface area contributed by atoms with Crippen LogP contribution in [0.3, 0.4) is 0 Å². The van der Waals surface area contributed by atoms with Crippen LogP contribution in [0.15, 0.2) is 53.6 Å². The third-order valence-electron chi connectivity index (χ3n) is 3.43. The van der Waals surface area contributed by atoms with Crippen molar-refractivity contribution >= 4 is 23.7 Å². The number of rotatable bonds is 5. The summed E-state index contributed by atoms with van der Waals surface area (Å²) in [4.78, 5) is 33.6. The lowest BCUT2D eigenvalue weighted by Crippen LogP contribution is -2.39. The summed E-state index contributed by atoms with van der Waals surface area (Å²) < 4.78 is 0. The molecular formula is C17H15N4O5-. The number of nitro groups is 1. The fourth-order valence-electron chi connectivity index (χ4n) is 2.05. The van der Waals surface area contributed by atoms with Gasteiger partial charge in [-0.25, -0.2) is 5.43 Å². The van der Waals surface area contributed by atoms with E-state index in [1.807, 2.05) is 23.6 Å². The molecule has 0 spiro atoms. The molecule has 0 bridgehead atoms. The number of nitrogens with one attached hydrogen (secondary N) is 2. The second-order valence-electron chi connectivity index (χ2n) is 5.28. The quantitative estimate of drug-likeness (QED) is 0.357. The van der Waals surface area contributed by atoms with E-state index in [4.69, 9.17) is 0 Å². The van der Waals surface area contributed by atoms with Gasteiger partial charge in [0, 0.05) is 12.1 Å². The molecule has 1 atom stereocenters. The van der Waals surface area contributed by atoms with E-state index in [9.17, 15) is 24.8 Å². The summed E-state index contributed by atoms with van der Waals surface area (Å²) in [6.07, 6.45) is 0.946. The zero-order valence-corrected chi connectivity index (χ0v) is 13.7. The normalized spacial score (nSPS) is 11.7. The van der Waals surface area contributed by atoms with E-state index < -0.39 is 22.5 Å². The Labute approximate surface area is 148 Å². The van der Waals surface area contributed by atoms with E-state index in [2.05, 4.69) is 10.4 Å². The van der Waals surface area contributed by atoms with Crippen LogP contribution < -0.4 is 15.8 Å². The number of amides is 2. The Bertz CT molecular complexity index is 851. The molecule has 2 amide bonds. The maximum atomic E-state index is 11.8. The number of carbonyl (C=O) groups is 2. The zero-order chi connectivity index (χ0) is 19.1. The van der Waals surface area contributed by atoms with Gasteiger partial charge in [0.2, 0.25) is 0 Å². The lowest BCUT2D eigenvalue weighted by atomic mass is 10.1. The van der Waals surface area contributed by atoms with Gasteiger partial charge in [0.1, 0.15) is 0 Å². The number of hydrogen-bond donors (Lipinski definition) is 2. The average Bonchev–Trinajstić information content (AvgIpc) is 2.63. The van der Waals surface area contributed by atoms with Gasteiger partial charge in [0.05, 0.1) is 17.2 Å². The zero-order valence-electron chi connectivity index (χ0n) is 13.7. The SMILES string of the molecule is C[C@@H](NC(=O)C(=O)N/N=C/c1cc([N+](=O)[O-])ccc1[O-])c1ccccc1. The highest BCUT2D eigenvalue weighted by molar-refractivity contribution is 6.35. The molecule has 2 aromatic carbocycles. The number of carbonyl (C=O) groups excluding carboxylic acids is 2. The largest absolute Gasteiger partial charge is 0.872 e. The van der Waals surface area contributed by atoms with Gasteiger partial charge in [-0.2, -0.15) is 5.10 Å². The minimum Gasteiger partial charge on any atom is -0.872 e. The van der Waals surface area contributed by atoms with Crippen LogP contribution in [0.4, 0.5) is 5.69 Å². The first-order chi connectivity index (χ1) is 12.4. The molecule has 2 rings (SSSR count). The monoisotopic (exact) mass is 355 g/mol. The van der Waals surface area contributed by atoms with E-state index in [1.165, 1.54) is 0 Å². The molecule has 0 aliphatic carbocycles.